The van der Waals surface area contributed by atoms with Crippen LogP contribution >= 0.6 is 0 Å². The Hall–Kier alpha value is -1.97. The summed E-state index contributed by atoms with van der Waals surface area (Å²) in [6, 6.07) is 5.26. The summed E-state index contributed by atoms with van der Waals surface area (Å²) in [5.41, 5.74) is 7.05. The SMILES string of the molecule is COC(=O)/C=C/c1ccc(OC)c(N)c1. The molecule has 0 bridgehead atoms. The molecule has 0 aromatic heterocycles. The van der Waals surface area contributed by atoms with Crippen LogP contribution in [0.4, 0.5) is 5.69 Å². The first kappa shape index (κ1) is 11.1. The van der Waals surface area contributed by atoms with E-state index in [4.69, 9.17) is 10.5 Å². The van der Waals surface area contributed by atoms with Crippen LogP contribution in [0.3, 0.4) is 0 Å². The van der Waals surface area contributed by atoms with Gasteiger partial charge in [-0.1, -0.05) is 6.07 Å². The molecule has 0 saturated heterocycles. The monoisotopic (exact) mass is 207 g/mol. The van der Waals surface area contributed by atoms with Gasteiger partial charge >= 0.3 is 5.97 Å². The van der Waals surface area contributed by atoms with Crippen LogP contribution in [-0.4, -0.2) is 20.2 Å². The molecule has 1 rings (SSSR count). The Kier molecular flexibility index (Phi) is 3.74. The summed E-state index contributed by atoms with van der Waals surface area (Å²) in [6.07, 6.45) is 2.96. The fourth-order valence-corrected chi connectivity index (χ4v) is 1.09. The first-order chi connectivity index (χ1) is 7.17. The molecule has 1 aromatic rings. The van der Waals surface area contributed by atoms with E-state index in [0.717, 1.165) is 5.56 Å². The highest BCUT2D eigenvalue weighted by atomic mass is 16.5. The number of benzene rings is 1. The molecule has 15 heavy (non-hydrogen) atoms. The van der Waals surface area contributed by atoms with Gasteiger partial charge in [0.05, 0.1) is 19.9 Å². The summed E-state index contributed by atoms with van der Waals surface area (Å²) in [4.78, 5) is 10.8. The highest BCUT2D eigenvalue weighted by Crippen LogP contribution is 2.22. The maximum atomic E-state index is 10.8. The van der Waals surface area contributed by atoms with E-state index in [-0.39, 0.29) is 0 Å². The van der Waals surface area contributed by atoms with Gasteiger partial charge in [0.1, 0.15) is 5.75 Å². The predicted octanol–water partition coefficient (Wildman–Crippen LogP) is 1.46. The summed E-state index contributed by atoms with van der Waals surface area (Å²) in [6.45, 7) is 0. The lowest BCUT2D eigenvalue weighted by Crippen LogP contribution is -1.94. The van der Waals surface area contributed by atoms with Crippen LogP contribution in [-0.2, 0) is 9.53 Å². The number of anilines is 1. The lowest BCUT2D eigenvalue weighted by atomic mass is 10.2. The van der Waals surface area contributed by atoms with E-state index in [9.17, 15) is 4.79 Å². The number of carbonyl (C=O) groups excluding carboxylic acids is 1. The lowest BCUT2D eigenvalue weighted by molar-refractivity contribution is -0.134. The predicted molar refractivity (Wildman–Crippen MR) is 58.5 cm³/mol. The van der Waals surface area contributed by atoms with Gasteiger partial charge < -0.3 is 15.2 Å². The van der Waals surface area contributed by atoms with E-state index in [1.54, 1.807) is 31.4 Å². The Bertz CT molecular complexity index is 385. The largest absolute Gasteiger partial charge is 0.495 e. The van der Waals surface area contributed by atoms with Crippen molar-refractivity contribution in [3.05, 3.63) is 29.8 Å². The average Bonchev–Trinajstić information content (AvgIpc) is 2.26. The Labute approximate surface area is 88.3 Å². The maximum absolute atomic E-state index is 10.8. The Balaban J connectivity index is 2.84. The van der Waals surface area contributed by atoms with Gasteiger partial charge in [-0.05, 0) is 23.8 Å². The summed E-state index contributed by atoms with van der Waals surface area (Å²) in [5, 5.41) is 0. The maximum Gasteiger partial charge on any atom is 0.330 e. The van der Waals surface area contributed by atoms with Crippen LogP contribution in [0, 0.1) is 0 Å². The second kappa shape index (κ2) is 5.05. The van der Waals surface area contributed by atoms with Crippen molar-refractivity contribution in [2.75, 3.05) is 20.0 Å². The second-order valence-electron chi connectivity index (χ2n) is 2.86. The number of hydrogen-bond donors (Lipinski definition) is 1. The second-order valence-corrected chi connectivity index (χ2v) is 2.86. The van der Waals surface area contributed by atoms with Crippen molar-refractivity contribution >= 4 is 17.7 Å². The molecule has 2 N–H and O–H groups in total. The third kappa shape index (κ3) is 3.02. The third-order valence-electron chi connectivity index (χ3n) is 1.87. The Morgan fingerprint density at radius 2 is 2.13 bits per heavy atom. The molecule has 0 amide bonds. The topological polar surface area (TPSA) is 61.5 Å². The summed E-state index contributed by atoms with van der Waals surface area (Å²) in [7, 11) is 2.88. The number of ether oxygens (including phenoxy) is 2. The van der Waals surface area contributed by atoms with Gasteiger partial charge in [-0.15, -0.1) is 0 Å². The van der Waals surface area contributed by atoms with Crippen LogP contribution < -0.4 is 10.5 Å². The molecular weight excluding hydrogens is 194 g/mol. The molecule has 1 aromatic carbocycles. The zero-order valence-corrected chi connectivity index (χ0v) is 8.69. The van der Waals surface area contributed by atoms with Crippen LogP contribution in [0.2, 0.25) is 0 Å². The molecule has 4 heteroatoms. The molecule has 0 unspecified atom stereocenters. The van der Waals surface area contributed by atoms with Crippen LogP contribution in [0.15, 0.2) is 24.3 Å². The smallest absolute Gasteiger partial charge is 0.330 e. The van der Waals surface area contributed by atoms with Crippen molar-refractivity contribution < 1.29 is 14.3 Å². The normalized spacial score (nSPS) is 10.3. The Morgan fingerprint density at radius 3 is 2.67 bits per heavy atom. The molecule has 0 radical (unpaired) electrons. The van der Waals surface area contributed by atoms with Gasteiger partial charge in [-0.2, -0.15) is 0 Å². The minimum absolute atomic E-state index is 0.399. The number of rotatable bonds is 3. The lowest BCUT2D eigenvalue weighted by Gasteiger charge is -2.04. The van der Waals surface area contributed by atoms with Gasteiger partial charge in [-0.3, -0.25) is 0 Å². The molecule has 0 aliphatic heterocycles. The average molecular weight is 207 g/mol. The molecule has 0 fully saturated rings. The van der Waals surface area contributed by atoms with Crippen LogP contribution in [0.5, 0.6) is 5.75 Å². The number of nitrogens with two attached hydrogens (primary N) is 1. The minimum Gasteiger partial charge on any atom is -0.495 e. The molecule has 80 valence electrons. The van der Waals surface area contributed by atoms with Gasteiger partial charge in [0, 0.05) is 6.08 Å². The summed E-state index contributed by atoms with van der Waals surface area (Å²) < 4.78 is 9.47. The zero-order chi connectivity index (χ0) is 11.3. The molecule has 4 nitrogen and oxygen atoms in total. The molecule has 0 aliphatic rings. The standard InChI is InChI=1S/C11H13NO3/c1-14-10-5-3-8(7-9(10)12)4-6-11(13)15-2/h3-7H,12H2,1-2H3/b6-4+. The minimum atomic E-state index is -0.399. The van der Waals surface area contributed by atoms with Crippen LogP contribution in [0.1, 0.15) is 5.56 Å². The fourth-order valence-electron chi connectivity index (χ4n) is 1.09. The first-order valence-electron chi connectivity index (χ1n) is 4.37. The fraction of sp³-hybridized carbons (Fsp3) is 0.182. The van der Waals surface area contributed by atoms with E-state index in [0.29, 0.717) is 11.4 Å². The number of methoxy groups -OCH3 is 2. The van der Waals surface area contributed by atoms with Crippen molar-refractivity contribution in [3.8, 4) is 5.75 Å². The number of hydrogen-bond acceptors (Lipinski definition) is 4. The number of nitrogen functional groups attached to an aromatic ring is 1. The van der Waals surface area contributed by atoms with Crippen molar-refractivity contribution in [3.63, 3.8) is 0 Å². The van der Waals surface area contributed by atoms with Gasteiger partial charge in [0.2, 0.25) is 0 Å². The summed E-state index contributed by atoms with van der Waals surface area (Å²) >= 11 is 0. The Morgan fingerprint density at radius 1 is 1.40 bits per heavy atom. The third-order valence-corrected chi connectivity index (χ3v) is 1.87. The van der Waals surface area contributed by atoms with E-state index in [1.165, 1.54) is 13.2 Å². The van der Waals surface area contributed by atoms with E-state index < -0.39 is 5.97 Å². The highest BCUT2D eigenvalue weighted by Gasteiger charge is 1.98. The van der Waals surface area contributed by atoms with Crippen molar-refractivity contribution in [2.24, 2.45) is 0 Å². The quantitative estimate of drug-likeness (QED) is 0.463. The van der Waals surface area contributed by atoms with Gasteiger partial charge in [0.15, 0.2) is 0 Å². The van der Waals surface area contributed by atoms with E-state index in [2.05, 4.69) is 4.74 Å². The van der Waals surface area contributed by atoms with E-state index >= 15 is 0 Å². The molecule has 0 heterocycles. The molecule has 0 saturated carbocycles. The number of carbonyl (C=O) groups is 1. The van der Waals surface area contributed by atoms with Gasteiger partial charge in [-0.25, -0.2) is 4.79 Å². The molecule has 0 spiro atoms. The highest BCUT2D eigenvalue weighted by molar-refractivity contribution is 5.87. The van der Waals surface area contributed by atoms with Crippen molar-refractivity contribution in [1.82, 2.24) is 0 Å². The van der Waals surface area contributed by atoms with Crippen molar-refractivity contribution in [1.29, 1.82) is 0 Å². The van der Waals surface area contributed by atoms with E-state index in [1.807, 2.05) is 0 Å². The van der Waals surface area contributed by atoms with Crippen molar-refractivity contribution in [2.45, 2.75) is 0 Å². The van der Waals surface area contributed by atoms with Crippen LogP contribution in [0.25, 0.3) is 6.08 Å². The zero-order valence-electron chi connectivity index (χ0n) is 8.69. The first-order valence-corrected chi connectivity index (χ1v) is 4.37. The molecule has 0 atom stereocenters. The molecular formula is C11H13NO3. The van der Waals surface area contributed by atoms with Gasteiger partial charge in [0.25, 0.3) is 0 Å². The molecule has 0 aliphatic carbocycles. The number of esters is 1. The summed E-state index contributed by atoms with van der Waals surface area (Å²) in [5.74, 6) is 0.217.